The fourth-order valence-corrected chi connectivity index (χ4v) is 3.11. The summed E-state index contributed by atoms with van der Waals surface area (Å²) in [7, 11) is 2.21. The van der Waals surface area contributed by atoms with E-state index in [9.17, 15) is 5.11 Å². The Morgan fingerprint density at radius 1 is 1.43 bits per heavy atom. The molecule has 23 heavy (non-hydrogen) atoms. The number of rotatable bonds is 9. The molecule has 1 saturated heterocycles. The van der Waals surface area contributed by atoms with Gasteiger partial charge < -0.3 is 20.5 Å². The molecule has 0 aromatic carbocycles. The van der Waals surface area contributed by atoms with Gasteiger partial charge in [-0.1, -0.05) is 0 Å². The summed E-state index contributed by atoms with van der Waals surface area (Å²) in [5.41, 5.74) is 0.00746. The molecule has 2 fully saturated rings. The number of aliphatic imine (C=N–C) groups is 1. The van der Waals surface area contributed by atoms with Crippen LogP contribution >= 0.6 is 0 Å². The largest absolute Gasteiger partial charge is 0.396 e. The maximum Gasteiger partial charge on any atom is 0.191 e. The van der Waals surface area contributed by atoms with Gasteiger partial charge in [0.25, 0.3) is 0 Å². The summed E-state index contributed by atoms with van der Waals surface area (Å²) in [6, 6.07) is 1.27. The Hall–Kier alpha value is -0.850. The molecule has 6 heteroatoms. The number of aliphatic hydroxyl groups excluding tert-OH is 1. The van der Waals surface area contributed by atoms with E-state index in [0.717, 1.165) is 44.5 Å². The monoisotopic (exact) mass is 326 g/mol. The highest BCUT2D eigenvalue weighted by Crippen LogP contribution is 2.32. The molecule has 134 valence electrons. The van der Waals surface area contributed by atoms with E-state index < -0.39 is 0 Å². The van der Waals surface area contributed by atoms with Gasteiger partial charge in [-0.2, -0.15) is 0 Å². The van der Waals surface area contributed by atoms with E-state index in [0.29, 0.717) is 19.2 Å². The van der Waals surface area contributed by atoms with Crippen LogP contribution in [0.25, 0.3) is 0 Å². The van der Waals surface area contributed by atoms with E-state index in [1.54, 1.807) is 0 Å². The molecule has 2 rings (SSSR count). The van der Waals surface area contributed by atoms with E-state index in [-0.39, 0.29) is 12.0 Å². The highest BCUT2D eigenvalue weighted by molar-refractivity contribution is 5.79. The number of guanidine groups is 1. The van der Waals surface area contributed by atoms with Gasteiger partial charge in [-0.15, -0.1) is 0 Å². The molecule has 0 aromatic rings. The summed E-state index contributed by atoms with van der Waals surface area (Å²) in [5, 5.41) is 16.1. The lowest BCUT2D eigenvalue weighted by atomic mass is 9.84. The molecule has 1 aliphatic heterocycles. The van der Waals surface area contributed by atoms with Crippen molar-refractivity contribution in [3.8, 4) is 0 Å². The summed E-state index contributed by atoms with van der Waals surface area (Å²) >= 11 is 0. The molecule has 1 saturated carbocycles. The van der Waals surface area contributed by atoms with Crippen LogP contribution in [0.15, 0.2) is 4.99 Å². The smallest absolute Gasteiger partial charge is 0.191 e. The van der Waals surface area contributed by atoms with Crippen LogP contribution in [-0.2, 0) is 4.74 Å². The first kappa shape index (κ1) is 18.5. The van der Waals surface area contributed by atoms with E-state index >= 15 is 0 Å². The second-order valence-electron chi connectivity index (χ2n) is 7.10. The van der Waals surface area contributed by atoms with Crippen molar-refractivity contribution in [2.24, 2.45) is 10.4 Å². The number of nitrogens with one attached hydrogen (secondary N) is 2. The Morgan fingerprint density at radius 3 is 2.78 bits per heavy atom. The average Bonchev–Trinajstić information content (AvgIpc) is 3.30. The van der Waals surface area contributed by atoms with Crippen molar-refractivity contribution >= 4 is 5.96 Å². The molecule has 2 atom stereocenters. The van der Waals surface area contributed by atoms with Crippen molar-refractivity contribution in [1.82, 2.24) is 15.5 Å². The number of ether oxygens (including phenoxy) is 1. The third-order valence-corrected chi connectivity index (χ3v) is 5.13. The Bertz CT molecular complexity index is 379. The Labute approximate surface area is 140 Å². The molecule has 0 bridgehead atoms. The summed E-state index contributed by atoms with van der Waals surface area (Å²) in [5.74, 6) is 0.868. The minimum Gasteiger partial charge on any atom is -0.396 e. The van der Waals surface area contributed by atoms with Crippen molar-refractivity contribution < 1.29 is 9.84 Å². The van der Waals surface area contributed by atoms with Crippen molar-refractivity contribution in [3.63, 3.8) is 0 Å². The summed E-state index contributed by atoms with van der Waals surface area (Å²) < 4.78 is 5.54. The molecule has 2 aliphatic rings. The van der Waals surface area contributed by atoms with Gasteiger partial charge in [0.2, 0.25) is 0 Å². The van der Waals surface area contributed by atoms with Crippen molar-refractivity contribution in [2.45, 2.75) is 51.6 Å². The number of aliphatic hydroxyl groups is 1. The molecular weight excluding hydrogens is 292 g/mol. The normalized spacial score (nSPS) is 26.6. The number of nitrogens with zero attached hydrogens (tertiary/aromatic N) is 2. The topological polar surface area (TPSA) is 69.1 Å². The number of hydrogen-bond acceptors (Lipinski definition) is 4. The zero-order valence-electron chi connectivity index (χ0n) is 15.0. The van der Waals surface area contributed by atoms with Crippen LogP contribution < -0.4 is 10.6 Å². The Kier molecular flexibility index (Phi) is 7.11. The first-order valence-electron chi connectivity index (χ1n) is 9.03. The standard InChI is InChI=1S/C17H34N4O2/c1-4-18-16(19-11-14(2)21(3)15-5-6-15)20-12-17(7-9-22)8-10-23-13-17/h14-15,22H,4-13H2,1-3H3,(H2,18,19,20). The lowest BCUT2D eigenvalue weighted by Gasteiger charge is -2.27. The summed E-state index contributed by atoms with van der Waals surface area (Å²) in [6.07, 6.45) is 4.41. The van der Waals surface area contributed by atoms with E-state index in [4.69, 9.17) is 9.73 Å². The highest BCUT2D eigenvalue weighted by atomic mass is 16.5. The van der Waals surface area contributed by atoms with Crippen LogP contribution in [0.1, 0.15) is 39.5 Å². The summed E-state index contributed by atoms with van der Waals surface area (Å²) in [4.78, 5) is 7.22. The van der Waals surface area contributed by atoms with E-state index in [1.165, 1.54) is 12.8 Å². The van der Waals surface area contributed by atoms with Crippen LogP contribution in [0.4, 0.5) is 0 Å². The third kappa shape index (κ3) is 5.62. The van der Waals surface area contributed by atoms with E-state index in [1.807, 2.05) is 0 Å². The SMILES string of the molecule is CCNC(=NCC1(CCO)CCOC1)NCC(C)N(C)C1CC1. The van der Waals surface area contributed by atoms with Crippen LogP contribution in [-0.4, -0.2) is 74.6 Å². The maximum atomic E-state index is 9.31. The minimum atomic E-state index is 0.00746. The van der Waals surface area contributed by atoms with Gasteiger partial charge in [0, 0.05) is 43.8 Å². The van der Waals surface area contributed by atoms with Crippen LogP contribution in [0, 0.1) is 5.41 Å². The fraction of sp³-hybridized carbons (Fsp3) is 0.941. The van der Waals surface area contributed by atoms with Gasteiger partial charge in [0.1, 0.15) is 0 Å². The van der Waals surface area contributed by atoms with Crippen LogP contribution in [0.2, 0.25) is 0 Å². The first-order chi connectivity index (χ1) is 11.1. The molecule has 1 heterocycles. The molecule has 0 amide bonds. The molecule has 0 spiro atoms. The first-order valence-corrected chi connectivity index (χ1v) is 9.03. The van der Waals surface area contributed by atoms with Gasteiger partial charge in [0.05, 0.1) is 13.2 Å². The zero-order valence-corrected chi connectivity index (χ0v) is 15.0. The lowest BCUT2D eigenvalue weighted by Crippen LogP contribution is -2.46. The number of likely N-dealkylation sites (N-methyl/N-ethyl adjacent to an activating group) is 1. The second-order valence-corrected chi connectivity index (χ2v) is 7.10. The van der Waals surface area contributed by atoms with Gasteiger partial charge in [-0.3, -0.25) is 9.89 Å². The highest BCUT2D eigenvalue weighted by Gasteiger charge is 2.34. The fourth-order valence-electron chi connectivity index (χ4n) is 3.11. The van der Waals surface area contributed by atoms with Crippen LogP contribution in [0.3, 0.4) is 0 Å². The van der Waals surface area contributed by atoms with Gasteiger partial charge >= 0.3 is 0 Å². The molecule has 1 aliphatic carbocycles. The van der Waals surface area contributed by atoms with Gasteiger partial charge in [-0.05, 0) is 46.6 Å². The average molecular weight is 326 g/mol. The van der Waals surface area contributed by atoms with Gasteiger partial charge in [-0.25, -0.2) is 0 Å². The Balaban J connectivity index is 1.85. The quantitative estimate of drug-likeness (QED) is 0.432. The molecule has 3 N–H and O–H groups in total. The third-order valence-electron chi connectivity index (χ3n) is 5.13. The Morgan fingerprint density at radius 2 is 2.22 bits per heavy atom. The predicted octanol–water partition coefficient (Wildman–Crippen LogP) is 0.813. The number of hydrogen-bond donors (Lipinski definition) is 3. The second kappa shape index (κ2) is 8.85. The molecule has 6 nitrogen and oxygen atoms in total. The van der Waals surface area contributed by atoms with Crippen LogP contribution in [0.5, 0.6) is 0 Å². The molecular formula is C17H34N4O2. The van der Waals surface area contributed by atoms with E-state index in [2.05, 4.69) is 36.4 Å². The molecule has 0 aromatic heterocycles. The zero-order chi connectivity index (χ0) is 16.7. The van der Waals surface area contributed by atoms with Crippen molar-refractivity contribution in [2.75, 3.05) is 46.5 Å². The predicted molar refractivity (Wildman–Crippen MR) is 93.8 cm³/mol. The van der Waals surface area contributed by atoms with Crippen molar-refractivity contribution in [1.29, 1.82) is 0 Å². The lowest BCUT2D eigenvalue weighted by molar-refractivity contribution is 0.131. The van der Waals surface area contributed by atoms with Crippen molar-refractivity contribution in [3.05, 3.63) is 0 Å². The summed E-state index contributed by atoms with van der Waals surface area (Å²) in [6.45, 7) is 8.47. The maximum absolute atomic E-state index is 9.31. The molecule has 0 radical (unpaired) electrons. The van der Waals surface area contributed by atoms with Gasteiger partial charge in [0.15, 0.2) is 5.96 Å². The minimum absolute atomic E-state index is 0.00746. The molecule has 2 unspecified atom stereocenters.